The van der Waals surface area contributed by atoms with E-state index < -0.39 is 17.7 Å². The molecule has 4 aromatic rings. The fourth-order valence-corrected chi connectivity index (χ4v) is 8.36. The van der Waals surface area contributed by atoms with Gasteiger partial charge >= 0.3 is 12.1 Å². The predicted octanol–water partition coefficient (Wildman–Crippen LogP) is 7.01. The van der Waals surface area contributed by atoms with E-state index in [9.17, 15) is 14.4 Å². The monoisotopic (exact) mass is 805 g/mol. The Morgan fingerprint density at radius 2 is 1.66 bits per heavy atom. The Morgan fingerprint density at radius 1 is 0.897 bits per heavy atom. The number of carboxylic acids is 1. The van der Waals surface area contributed by atoms with E-state index in [0.29, 0.717) is 17.3 Å². The Morgan fingerprint density at radius 3 is 2.28 bits per heavy atom. The first kappa shape index (κ1) is 40.6. The summed E-state index contributed by atoms with van der Waals surface area (Å²) in [6.07, 6.45) is 9.85. The van der Waals surface area contributed by atoms with Crippen LogP contribution >= 0.6 is 11.8 Å². The third-order valence-corrected chi connectivity index (χ3v) is 11.8. The van der Waals surface area contributed by atoms with Crippen molar-refractivity contribution >= 4 is 52.5 Å². The molecule has 58 heavy (non-hydrogen) atoms. The van der Waals surface area contributed by atoms with Gasteiger partial charge in [-0.3, -0.25) is 9.69 Å². The van der Waals surface area contributed by atoms with Crippen LogP contribution in [0, 0.1) is 0 Å². The van der Waals surface area contributed by atoms with Gasteiger partial charge in [0, 0.05) is 72.7 Å². The molecule has 3 aliphatic rings. The van der Waals surface area contributed by atoms with Gasteiger partial charge in [0.1, 0.15) is 16.4 Å². The highest BCUT2D eigenvalue weighted by molar-refractivity contribution is 7.99. The molecule has 0 spiro atoms. The zero-order chi connectivity index (χ0) is 40.9. The van der Waals surface area contributed by atoms with Gasteiger partial charge in [-0.05, 0) is 120 Å². The van der Waals surface area contributed by atoms with Crippen LogP contribution in [0.5, 0.6) is 0 Å². The van der Waals surface area contributed by atoms with Gasteiger partial charge in [0.25, 0.3) is 5.91 Å². The van der Waals surface area contributed by atoms with Gasteiger partial charge < -0.3 is 30.3 Å². The van der Waals surface area contributed by atoms with Crippen LogP contribution in [-0.2, 0) is 4.74 Å². The SMILES string of the molecule is CC1(NC(=O)OC(C)(C)C)CCN(c2cnc(Sc3cccc(NC(=O)c4ccc(N5CCC(N6CC=C(c7ccc(C(=O)O)nn7)CC6)CC5)cc4)c3)cn2)CC1. The van der Waals surface area contributed by atoms with E-state index in [-0.39, 0.29) is 17.1 Å². The van der Waals surface area contributed by atoms with Gasteiger partial charge in [-0.25, -0.2) is 19.6 Å². The number of anilines is 3. The summed E-state index contributed by atoms with van der Waals surface area (Å²) in [5.41, 5.74) is 3.33. The number of carbonyl (C=O) groups excluding carboxylic acids is 2. The summed E-state index contributed by atoms with van der Waals surface area (Å²) in [5.74, 6) is -0.445. The van der Waals surface area contributed by atoms with Gasteiger partial charge in [0.15, 0.2) is 5.69 Å². The molecular weight excluding hydrogens is 755 g/mol. The molecule has 14 nitrogen and oxygen atoms in total. The van der Waals surface area contributed by atoms with Crippen molar-refractivity contribution in [2.75, 3.05) is 54.4 Å². The summed E-state index contributed by atoms with van der Waals surface area (Å²) in [6, 6.07) is 19.3. The second-order valence-electron chi connectivity index (χ2n) is 16.3. The normalized spacial score (nSPS) is 17.6. The van der Waals surface area contributed by atoms with Crippen molar-refractivity contribution in [3.63, 3.8) is 0 Å². The van der Waals surface area contributed by atoms with Crippen molar-refractivity contribution in [1.29, 1.82) is 0 Å². The highest BCUT2D eigenvalue weighted by Gasteiger charge is 2.34. The number of aromatic carboxylic acids is 1. The Kier molecular flexibility index (Phi) is 12.3. The van der Waals surface area contributed by atoms with Crippen LogP contribution in [0.3, 0.4) is 0 Å². The lowest BCUT2D eigenvalue weighted by molar-refractivity contribution is 0.0447. The fraction of sp³-hybridized carbons (Fsp3) is 0.419. The maximum atomic E-state index is 13.3. The topological polar surface area (TPSA) is 166 Å². The van der Waals surface area contributed by atoms with Crippen LogP contribution < -0.4 is 20.4 Å². The van der Waals surface area contributed by atoms with Gasteiger partial charge in [-0.1, -0.05) is 23.9 Å². The molecule has 2 aromatic heterocycles. The minimum absolute atomic E-state index is 0.0462. The lowest BCUT2D eigenvalue weighted by Crippen LogP contribution is -2.54. The molecule has 0 bridgehead atoms. The third kappa shape index (κ3) is 10.5. The van der Waals surface area contributed by atoms with E-state index in [0.717, 1.165) is 104 Å². The number of benzene rings is 2. The molecule has 0 unspecified atom stereocenters. The van der Waals surface area contributed by atoms with E-state index >= 15 is 0 Å². The van der Waals surface area contributed by atoms with Crippen LogP contribution in [0.2, 0.25) is 0 Å². The number of carbonyl (C=O) groups is 3. The molecule has 3 N–H and O–H groups in total. The molecule has 5 heterocycles. The highest BCUT2D eigenvalue weighted by Crippen LogP contribution is 2.31. The summed E-state index contributed by atoms with van der Waals surface area (Å²) in [5, 5.41) is 23.9. The first-order valence-corrected chi connectivity index (χ1v) is 20.6. The first-order valence-electron chi connectivity index (χ1n) is 19.8. The second-order valence-corrected chi connectivity index (χ2v) is 17.4. The summed E-state index contributed by atoms with van der Waals surface area (Å²) in [7, 11) is 0. The van der Waals surface area contributed by atoms with Crippen LogP contribution in [0.1, 0.15) is 86.3 Å². The van der Waals surface area contributed by atoms with E-state index in [1.165, 1.54) is 17.8 Å². The van der Waals surface area contributed by atoms with Crippen LogP contribution in [-0.4, -0.2) is 105 Å². The molecular formula is C43H51N9O5S. The number of ether oxygens (including phenoxy) is 1. The minimum atomic E-state index is -1.07. The van der Waals surface area contributed by atoms with Gasteiger partial charge in [-0.2, -0.15) is 5.10 Å². The van der Waals surface area contributed by atoms with Crippen molar-refractivity contribution in [3.05, 3.63) is 96.1 Å². The van der Waals surface area contributed by atoms with E-state index in [1.54, 1.807) is 18.5 Å². The van der Waals surface area contributed by atoms with Crippen LogP contribution in [0.25, 0.3) is 5.57 Å². The Labute approximate surface area is 343 Å². The highest BCUT2D eigenvalue weighted by atomic mass is 32.2. The molecule has 0 radical (unpaired) electrons. The average molecular weight is 806 g/mol. The van der Waals surface area contributed by atoms with Crippen molar-refractivity contribution in [2.45, 2.75) is 86.9 Å². The first-order chi connectivity index (χ1) is 27.8. The van der Waals surface area contributed by atoms with E-state index in [4.69, 9.17) is 9.84 Å². The molecule has 7 rings (SSSR count). The largest absolute Gasteiger partial charge is 0.476 e. The standard InChI is InChI=1S/C43H51N9O5S/c1-42(2,3)57-41(56)47-43(4)18-24-52(25-19-43)37-27-45-38(28-44-37)58-34-7-5-6-31(26-34)46-39(53)30-8-10-32(11-9-30)51-22-16-33(17-23-51)50-20-14-29(15-21-50)35-12-13-36(40(54)55)49-48-35/h5-14,26-28,33H,15-25H2,1-4H3,(H,46,53)(H,47,56)(H,54,55). The van der Waals surface area contributed by atoms with Crippen LogP contribution in [0.15, 0.2) is 89.1 Å². The molecule has 2 fully saturated rings. The summed E-state index contributed by atoms with van der Waals surface area (Å²) in [4.78, 5) is 54.1. The quantitative estimate of drug-likeness (QED) is 0.150. The molecule has 0 saturated carbocycles. The number of hydrogen-bond donors (Lipinski definition) is 3. The number of nitrogens with zero attached hydrogens (tertiary/aromatic N) is 7. The average Bonchev–Trinajstić information content (AvgIpc) is 3.21. The number of amides is 2. The summed E-state index contributed by atoms with van der Waals surface area (Å²) < 4.78 is 5.46. The molecule has 2 aromatic carbocycles. The smallest absolute Gasteiger partial charge is 0.408 e. The van der Waals surface area contributed by atoms with E-state index in [1.807, 2.05) is 69.3 Å². The summed E-state index contributed by atoms with van der Waals surface area (Å²) in [6.45, 7) is 12.8. The molecule has 304 valence electrons. The van der Waals surface area contributed by atoms with Crippen molar-refractivity contribution in [2.24, 2.45) is 0 Å². The summed E-state index contributed by atoms with van der Waals surface area (Å²) >= 11 is 1.48. The van der Waals surface area contributed by atoms with Gasteiger partial charge in [0.2, 0.25) is 0 Å². The Hall–Kier alpha value is -5.54. The van der Waals surface area contributed by atoms with Crippen molar-refractivity contribution in [3.8, 4) is 0 Å². The molecule has 0 aliphatic carbocycles. The second kappa shape index (κ2) is 17.5. The predicted molar refractivity (Wildman–Crippen MR) is 225 cm³/mol. The van der Waals surface area contributed by atoms with Crippen LogP contribution in [0.4, 0.5) is 22.0 Å². The Balaban J connectivity index is 0.853. The molecule has 0 atom stereocenters. The zero-order valence-electron chi connectivity index (χ0n) is 33.5. The molecule has 15 heteroatoms. The number of aromatic nitrogens is 4. The third-order valence-electron chi connectivity index (χ3n) is 10.9. The lowest BCUT2D eigenvalue weighted by atomic mass is 9.90. The fourth-order valence-electron chi connectivity index (χ4n) is 7.57. The number of rotatable bonds is 10. The molecule has 3 aliphatic heterocycles. The number of piperidine rings is 2. The number of alkyl carbamates (subject to hydrolysis) is 1. The number of nitrogens with one attached hydrogen (secondary N) is 2. The Bertz CT molecular complexity index is 2110. The maximum absolute atomic E-state index is 13.3. The number of carboxylic acid groups (broad SMARTS) is 1. The van der Waals surface area contributed by atoms with Crippen molar-refractivity contribution < 1.29 is 24.2 Å². The number of hydrogen-bond acceptors (Lipinski definition) is 12. The molecule has 2 saturated heterocycles. The van der Waals surface area contributed by atoms with Gasteiger partial charge in [0.05, 0.1) is 18.1 Å². The minimum Gasteiger partial charge on any atom is -0.476 e. The van der Waals surface area contributed by atoms with Crippen molar-refractivity contribution in [1.82, 2.24) is 30.4 Å². The molecule has 2 amide bonds. The van der Waals surface area contributed by atoms with E-state index in [2.05, 4.69) is 58.5 Å². The lowest BCUT2D eigenvalue weighted by Gasteiger charge is -2.40. The van der Waals surface area contributed by atoms with Gasteiger partial charge in [-0.15, -0.1) is 5.10 Å². The zero-order valence-corrected chi connectivity index (χ0v) is 34.3. The maximum Gasteiger partial charge on any atom is 0.408 e.